The molecule has 0 aliphatic carbocycles. The van der Waals surface area contributed by atoms with Gasteiger partial charge in [0.25, 0.3) is 0 Å². The van der Waals surface area contributed by atoms with E-state index in [2.05, 4.69) is 10.1 Å². The zero-order valence-corrected chi connectivity index (χ0v) is 10.5. The summed E-state index contributed by atoms with van der Waals surface area (Å²) >= 11 is 0. The van der Waals surface area contributed by atoms with Gasteiger partial charge in [0, 0.05) is 18.6 Å². The number of hydrogen-bond acceptors (Lipinski definition) is 5. The molecule has 20 heavy (non-hydrogen) atoms. The standard InChI is InChI=1S/C13H11FN2O4/c1-8-15-11(16-20-8)7-19-13-9(5-6-12(17)18)3-2-4-10(13)14/h2-6H,7H2,1H3,(H,17,18)/b6-5+. The average molecular weight is 278 g/mol. The molecule has 1 aromatic carbocycles. The van der Waals surface area contributed by atoms with Gasteiger partial charge in [0.05, 0.1) is 0 Å². The second kappa shape index (κ2) is 5.96. The van der Waals surface area contributed by atoms with Gasteiger partial charge in [0.2, 0.25) is 11.7 Å². The van der Waals surface area contributed by atoms with Crippen LogP contribution in [0.15, 0.2) is 28.8 Å². The van der Waals surface area contributed by atoms with Crippen molar-refractivity contribution in [1.29, 1.82) is 0 Å². The fourth-order valence-corrected chi connectivity index (χ4v) is 1.51. The van der Waals surface area contributed by atoms with E-state index in [1.807, 2.05) is 0 Å². The number of halogens is 1. The predicted molar refractivity (Wildman–Crippen MR) is 66.4 cm³/mol. The highest BCUT2D eigenvalue weighted by Crippen LogP contribution is 2.24. The minimum absolute atomic E-state index is 0.0625. The first-order valence-electron chi connectivity index (χ1n) is 5.68. The smallest absolute Gasteiger partial charge is 0.328 e. The lowest BCUT2D eigenvalue weighted by molar-refractivity contribution is -0.131. The zero-order chi connectivity index (χ0) is 14.5. The largest absolute Gasteiger partial charge is 0.482 e. The summed E-state index contributed by atoms with van der Waals surface area (Å²) < 4.78 is 23.8. The molecule has 1 aromatic heterocycles. The summed E-state index contributed by atoms with van der Waals surface area (Å²) in [6.45, 7) is 1.55. The Labute approximate surface area is 113 Å². The second-order valence-corrected chi connectivity index (χ2v) is 3.85. The van der Waals surface area contributed by atoms with Crippen LogP contribution in [0.5, 0.6) is 5.75 Å². The van der Waals surface area contributed by atoms with Gasteiger partial charge in [0.15, 0.2) is 18.2 Å². The third kappa shape index (κ3) is 3.41. The number of carboxylic acids is 1. The van der Waals surface area contributed by atoms with Crippen molar-refractivity contribution in [3.63, 3.8) is 0 Å². The molecular formula is C13H11FN2O4. The molecular weight excluding hydrogens is 267 g/mol. The van der Waals surface area contributed by atoms with Gasteiger partial charge in [-0.3, -0.25) is 0 Å². The fraction of sp³-hybridized carbons (Fsp3) is 0.154. The maximum absolute atomic E-state index is 13.7. The van der Waals surface area contributed by atoms with E-state index < -0.39 is 11.8 Å². The first-order valence-corrected chi connectivity index (χ1v) is 5.68. The molecule has 0 bridgehead atoms. The number of carbonyl (C=O) groups is 1. The molecule has 0 saturated carbocycles. The molecule has 0 amide bonds. The van der Waals surface area contributed by atoms with Crippen molar-refractivity contribution in [3.05, 3.63) is 47.4 Å². The van der Waals surface area contributed by atoms with Gasteiger partial charge in [-0.2, -0.15) is 4.98 Å². The SMILES string of the molecule is Cc1nc(COc2c(F)cccc2/C=C/C(=O)O)no1. The summed E-state index contributed by atoms with van der Waals surface area (Å²) in [5.41, 5.74) is 0.313. The number of hydrogen-bond donors (Lipinski definition) is 1. The number of carboxylic acid groups (broad SMARTS) is 1. The average Bonchev–Trinajstić information content (AvgIpc) is 2.81. The second-order valence-electron chi connectivity index (χ2n) is 3.85. The molecule has 1 N–H and O–H groups in total. The van der Waals surface area contributed by atoms with Crippen LogP contribution in [0.1, 0.15) is 17.3 Å². The van der Waals surface area contributed by atoms with E-state index >= 15 is 0 Å². The number of aryl methyl sites for hydroxylation is 1. The van der Waals surface area contributed by atoms with E-state index in [1.54, 1.807) is 13.0 Å². The maximum Gasteiger partial charge on any atom is 0.328 e. The van der Waals surface area contributed by atoms with Crippen LogP contribution in [0.25, 0.3) is 6.08 Å². The van der Waals surface area contributed by atoms with Crippen molar-refractivity contribution in [2.45, 2.75) is 13.5 Å². The number of benzene rings is 1. The fourth-order valence-electron chi connectivity index (χ4n) is 1.51. The molecule has 0 unspecified atom stereocenters. The zero-order valence-electron chi connectivity index (χ0n) is 10.5. The Morgan fingerprint density at radius 2 is 2.35 bits per heavy atom. The lowest BCUT2D eigenvalue weighted by atomic mass is 10.2. The van der Waals surface area contributed by atoms with Crippen LogP contribution in [0, 0.1) is 12.7 Å². The van der Waals surface area contributed by atoms with Gasteiger partial charge < -0.3 is 14.4 Å². The molecule has 0 radical (unpaired) electrons. The van der Waals surface area contributed by atoms with Crippen molar-refractivity contribution < 1.29 is 23.6 Å². The van der Waals surface area contributed by atoms with Crippen molar-refractivity contribution in [3.8, 4) is 5.75 Å². The Bertz CT molecular complexity index is 652. The van der Waals surface area contributed by atoms with Crippen LogP contribution in [0.3, 0.4) is 0 Å². The van der Waals surface area contributed by atoms with Crippen molar-refractivity contribution >= 4 is 12.0 Å². The summed E-state index contributed by atoms with van der Waals surface area (Å²) in [6, 6.07) is 4.22. The number of para-hydroxylation sites is 1. The number of aromatic nitrogens is 2. The summed E-state index contributed by atoms with van der Waals surface area (Å²) in [4.78, 5) is 14.4. The van der Waals surface area contributed by atoms with E-state index in [9.17, 15) is 9.18 Å². The molecule has 2 aromatic rings. The minimum Gasteiger partial charge on any atom is -0.482 e. The summed E-state index contributed by atoms with van der Waals surface area (Å²) in [6.07, 6.45) is 2.16. The Balaban J connectivity index is 2.19. The van der Waals surface area contributed by atoms with Gasteiger partial charge in [0.1, 0.15) is 0 Å². The van der Waals surface area contributed by atoms with Crippen molar-refractivity contribution in [2.75, 3.05) is 0 Å². The molecule has 6 nitrogen and oxygen atoms in total. The summed E-state index contributed by atoms with van der Waals surface area (Å²) in [7, 11) is 0. The summed E-state index contributed by atoms with van der Waals surface area (Å²) in [5, 5.41) is 12.2. The Kier molecular flexibility index (Phi) is 4.09. The highest BCUT2D eigenvalue weighted by atomic mass is 19.1. The van der Waals surface area contributed by atoms with Crippen LogP contribution in [0.2, 0.25) is 0 Å². The highest BCUT2D eigenvalue weighted by molar-refractivity contribution is 5.85. The lowest BCUT2D eigenvalue weighted by Gasteiger charge is -2.08. The number of nitrogens with zero attached hydrogens (tertiary/aromatic N) is 2. The van der Waals surface area contributed by atoms with Crippen LogP contribution >= 0.6 is 0 Å². The molecule has 1 heterocycles. The van der Waals surface area contributed by atoms with Gasteiger partial charge in [-0.25, -0.2) is 9.18 Å². The summed E-state index contributed by atoms with van der Waals surface area (Å²) in [5.74, 6) is -1.14. The third-order valence-corrected chi connectivity index (χ3v) is 2.32. The molecule has 2 rings (SSSR count). The van der Waals surface area contributed by atoms with Crippen LogP contribution in [0.4, 0.5) is 4.39 Å². The van der Waals surface area contributed by atoms with E-state index in [0.29, 0.717) is 11.5 Å². The Morgan fingerprint density at radius 3 is 3.00 bits per heavy atom. The quantitative estimate of drug-likeness (QED) is 0.844. The van der Waals surface area contributed by atoms with E-state index in [0.717, 1.165) is 6.08 Å². The molecule has 0 aliphatic heterocycles. The van der Waals surface area contributed by atoms with Gasteiger partial charge in [-0.1, -0.05) is 17.3 Å². The Hall–Kier alpha value is -2.70. The predicted octanol–water partition coefficient (Wildman–Crippen LogP) is 2.19. The van der Waals surface area contributed by atoms with Crippen LogP contribution < -0.4 is 4.74 Å². The van der Waals surface area contributed by atoms with Crippen LogP contribution in [-0.2, 0) is 11.4 Å². The number of aliphatic carboxylic acids is 1. The van der Waals surface area contributed by atoms with Gasteiger partial charge in [-0.15, -0.1) is 0 Å². The highest BCUT2D eigenvalue weighted by Gasteiger charge is 2.10. The van der Waals surface area contributed by atoms with Crippen LogP contribution in [-0.4, -0.2) is 21.2 Å². The molecule has 0 atom stereocenters. The van der Waals surface area contributed by atoms with Gasteiger partial charge in [-0.05, 0) is 12.1 Å². The first-order chi connectivity index (χ1) is 9.56. The molecule has 0 fully saturated rings. The van der Waals surface area contributed by atoms with E-state index in [1.165, 1.54) is 18.2 Å². The molecule has 0 saturated heterocycles. The van der Waals surface area contributed by atoms with E-state index in [4.69, 9.17) is 14.4 Å². The topological polar surface area (TPSA) is 85.5 Å². The van der Waals surface area contributed by atoms with Gasteiger partial charge >= 0.3 is 5.97 Å². The molecule has 0 aliphatic rings. The maximum atomic E-state index is 13.7. The molecule has 104 valence electrons. The monoisotopic (exact) mass is 278 g/mol. The first kappa shape index (κ1) is 13.7. The third-order valence-electron chi connectivity index (χ3n) is 2.32. The van der Waals surface area contributed by atoms with Crippen molar-refractivity contribution in [2.24, 2.45) is 0 Å². The minimum atomic E-state index is -1.13. The lowest BCUT2D eigenvalue weighted by Crippen LogP contribution is -2.01. The Morgan fingerprint density at radius 1 is 1.55 bits per heavy atom. The normalized spacial score (nSPS) is 10.9. The number of ether oxygens (including phenoxy) is 1. The molecule has 7 heteroatoms. The van der Waals surface area contributed by atoms with Crippen molar-refractivity contribution in [1.82, 2.24) is 10.1 Å². The van der Waals surface area contributed by atoms with E-state index in [-0.39, 0.29) is 18.2 Å². The number of rotatable bonds is 5. The molecule has 0 spiro atoms.